The standard InChI is InChI=1S/C30H45NO6S/c32-23-28-27(16-10-17-29(28)33)30(34)22-31-18-6-1-2-7-19-37-20-8-5-11-24-12-9-15-26(21-24)38(35,36)25-13-3-4-14-25/h9-10,12,15-17,21,25,30-34H,1-8,11,13-14,18-20,22-23H2/t30-/m0/s1. The minimum Gasteiger partial charge on any atom is -0.508 e. The molecule has 0 saturated heterocycles. The summed E-state index contributed by atoms with van der Waals surface area (Å²) in [5.74, 6) is 0.00319. The van der Waals surface area contributed by atoms with Crippen LogP contribution in [0, 0.1) is 0 Å². The van der Waals surface area contributed by atoms with Gasteiger partial charge in [0.25, 0.3) is 0 Å². The second-order valence-electron chi connectivity index (χ2n) is 10.3. The van der Waals surface area contributed by atoms with E-state index < -0.39 is 15.9 Å². The van der Waals surface area contributed by atoms with Crippen LogP contribution >= 0.6 is 0 Å². The molecule has 1 aliphatic carbocycles. The molecule has 0 unspecified atom stereocenters. The Kier molecular flexibility index (Phi) is 13.0. The highest BCUT2D eigenvalue weighted by molar-refractivity contribution is 7.92. The first kappa shape index (κ1) is 30.6. The first-order chi connectivity index (χ1) is 18.4. The van der Waals surface area contributed by atoms with Crippen molar-refractivity contribution in [3.63, 3.8) is 0 Å². The van der Waals surface area contributed by atoms with Crippen LogP contribution in [0.15, 0.2) is 47.4 Å². The Morgan fingerprint density at radius 3 is 2.42 bits per heavy atom. The number of nitrogens with one attached hydrogen (secondary N) is 1. The minimum absolute atomic E-state index is 0.00319. The average Bonchev–Trinajstić information content (AvgIpc) is 3.47. The Labute approximate surface area is 228 Å². The summed E-state index contributed by atoms with van der Waals surface area (Å²) in [5, 5.41) is 32.6. The average molecular weight is 548 g/mol. The summed E-state index contributed by atoms with van der Waals surface area (Å²) in [6, 6.07) is 12.4. The van der Waals surface area contributed by atoms with Crippen LogP contribution in [-0.4, -0.2) is 55.3 Å². The summed E-state index contributed by atoms with van der Waals surface area (Å²) in [6.45, 7) is 2.35. The molecule has 0 radical (unpaired) electrons. The van der Waals surface area contributed by atoms with Gasteiger partial charge in [-0.25, -0.2) is 8.42 Å². The van der Waals surface area contributed by atoms with Gasteiger partial charge in [0.15, 0.2) is 9.84 Å². The highest BCUT2D eigenvalue weighted by Gasteiger charge is 2.30. The Hall–Kier alpha value is -1.97. The van der Waals surface area contributed by atoms with E-state index in [1.807, 2.05) is 18.2 Å². The molecular weight excluding hydrogens is 502 g/mol. The number of aliphatic hydroxyl groups is 2. The van der Waals surface area contributed by atoms with Crippen LogP contribution in [0.4, 0.5) is 0 Å². The van der Waals surface area contributed by atoms with E-state index >= 15 is 0 Å². The summed E-state index contributed by atoms with van der Waals surface area (Å²) < 4.78 is 31.4. The predicted molar refractivity (Wildman–Crippen MR) is 150 cm³/mol. The third-order valence-electron chi connectivity index (χ3n) is 7.41. The summed E-state index contributed by atoms with van der Waals surface area (Å²) in [5.41, 5.74) is 2.01. The molecule has 0 bridgehead atoms. The second-order valence-corrected chi connectivity index (χ2v) is 12.5. The van der Waals surface area contributed by atoms with Gasteiger partial charge in [0.05, 0.1) is 22.9 Å². The molecule has 8 heteroatoms. The number of rotatable bonds is 18. The topological polar surface area (TPSA) is 116 Å². The number of aliphatic hydroxyl groups excluding tert-OH is 2. The van der Waals surface area contributed by atoms with Gasteiger partial charge in [-0.15, -0.1) is 0 Å². The van der Waals surface area contributed by atoms with Crippen LogP contribution in [0.25, 0.3) is 0 Å². The van der Waals surface area contributed by atoms with Crippen molar-refractivity contribution in [1.29, 1.82) is 0 Å². The number of hydrogen-bond donors (Lipinski definition) is 4. The molecule has 0 spiro atoms. The van der Waals surface area contributed by atoms with Crippen LogP contribution in [0.3, 0.4) is 0 Å². The van der Waals surface area contributed by atoms with Crippen LogP contribution in [0.1, 0.15) is 87.0 Å². The molecule has 1 fully saturated rings. The normalized spacial score (nSPS) is 15.2. The van der Waals surface area contributed by atoms with E-state index in [0.717, 1.165) is 96.0 Å². The van der Waals surface area contributed by atoms with Crippen molar-refractivity contribution in [2.24, 2.45) is 0 Å². The van der Waals surface area contributed by atoms with Gasteiger partial charge in [0, 0.05) is 25.3 Å². The first-order valence-electron chi connectivity index (χ1n) is 14.1. The summed E-state index contributed by atoms with van der Waals surface area (Å²) in [6.07, 6.45) is 9.85. The van der Waals surface area contributed by atoms with E-state index in [4.69, 9.17) is 4.74 Å². The molecule has 3 rings (SSSR count). The van der Waals surface area contributed by atoms with Gasteiger partial charge in [-0.3, -0.25) is 0 Å². The predicted octanol–water partition coefficient (Wildman–Crippen LogP) is 4.82. The van der Waals surface area contributed by atoms with Crippen LogP contribution in [0.2, 0.25) is 0 Å². The number of phenols is 1. The SMILES string of the molecule is O=S(=O)(c1cccc(CCCCOCCCCCCNC[C@H](O)c2cccc(O)c2CO)c1)C1CCCC1. The van der Waals surface area contributed by atoms with Gasteiger partial charge >= 0.3 is 0 Å². The van der Waals surface area contributed by atoms with Crippen molar-refractivity contribution in [1.82, 2.24) is 5.32 Å². The van der Waals surface area contributed by atoms with Gasteiger partial charge in [0.2, 0.25) is 0 Å². The summed E-state index contributed by atoms with van der Waals surface area (Å²) >= 11 is 0. The Morgan fingerprint density at radius 2 is 1.66 bits per heavy atom. The summed E-state index contributed by atoms with van der Waals surface area (Å²) in [4.78, 5) is 0.483. The smallest absolute Gasteiger partial charge is 0.181 e. The maximum atomic E-state index is 12.8. The fourth-order valence-corrected chi connectivity index (χ4v) is 7.06. The molecule has 1 aliphatic rings. The van der Waals surface area contributed by atoms with Crippen LogP contribution < -0.4 is 5.32 Å². The minimum atomic E-state index is -3.19. The molecule has 7 nitrogen and oxygen atoms in total. The summed E-state index contributed by atoms with van der Waals surface area (Å²) in [7, 11) is -3.19. The molecule has 0 heterocycles. The van der Waals surface area contributed by atoms with E-state index in [2.05, 4.69) is 5.32 Å². The Balaban J connectivity index is 1.18. The molecule has 1 atom stereocenters. The van der Waals surface area contributed by atoms with Gasteiger partial charge in [-0.2, -0.15) is 0 Å². The number of sulfone groups is 1. The number of hydrogen-bond acceptors (Lipinski definition) is 7. The number of aryl methyl sites for hydroxylation is 1. The molecule has 38 heavy (non-hydrogen) atoms. The first-order valence-corrected chi connectivity index (χ1v) is 15.7. The fourth-order valence-electron chi connectivity index (χ4n) is 5.14. The van der Waals surface area contributed by atoms with Crippen molar-refractivity contribution in [3.8, 4) is 5.75 Å². The van der Waals surface area contributed by atoms with Crippen molar-refractivity contribution < 1.29 is 28.5 Å². The quantitative estimate of drug-likeness (QED) is 0.198. The van der Waals surface area contributed by atoms with Crippen molar-refractivity contribution in [2.45, 2.75) is 93.5 Å². The second kappa shape index (κ2) is 16.2. The molecular formula is C30H45NO6S. The molecule has 0 aliphatic heterocycles. The zero-order valence-electron chi connectivity index (χ0n) is 22.5. The molecule has 212 valence electrons. The monoisotopic (exact) mass is 547 g/mol. The maximum Gasteiger partial charge on any atom is 0.181 e. The van der Waals surface area contributed by atoms with Gasteiger partial charge < -0.3 is 25.4 Å². The maximum absolute atomic E-state index is 12.8. The third kappa shape index (κ3) is 9.35. The van der Waals surface area contributed by atoms with Crippen molar-refractivity contribution in [3.05, 3.63) is 59.2 Å². The number of benzene rings is 2. The van der Waals surface area contributed by atoms with E-state index in [1.54, 1.807) is 18.2 Å². The van der Waals surface area contributed by atoms with Gasteiger partial charge in [0.1, 0.15) is 5.75 Å². The highest BCUT2D eigenvalue weighted by Crippen LogP contribution is 2.30. The van der Waals surface area contributed by atoms with E-state index in [1.165, 1.54) is 6.07 Å². The van der Waals surface area contributed by atoms with Gasteiger partial charge in [-0.05, 0) is 80.8 Å². The van der Waals surface area contributed by atoms with Crippen molar-refractivity contribution >= 4 is 9.84 Å². The van der Waals surface area contributed by atoms with Crippen LogP contribution in [-0.2, 0) is 27.6 Å². The number of aromatic hydroxyl groups is 1. The zero-order valence-corrected chi connectivity index (χ0v) is 23.3. The van der Waals surface area contributed by atoms with E-state index in [-0.39, 0.29) is 17.6 Å². The molecule has 2 aromatic carbocycles. The lowest BCUT2D eigenvalue weighted by Gasteiger charge is -2.16. The van der Waals surface area contributed by atoms with Gasteiger partial charge in [-0.1, -0.05) is 49.9 Å². The molecule has 2 aromatic rings. The van der Waals surface area contributed by atoms with Crippen LogP contribution in [0.5, 0.6) is 5.75 Å². The largest absolute Gasteiger partial charge is 0.508 e. The third-order valence-corrected chi connectivity index (χ3v) is 9.67. The molecule has 1 saturated carbocycles. The lowest BCUT2D eigenvalue weighted by atomic mass is 10.0. The molecule has 4 N–H and O–H groups in total. The van der Waals surface area contributed by atoms with Crippen molar-refractivity contribution in [2.75, 3.05) is 26.3 Å². The number of unbranched alkanes of at least 4 members (excludes halogenated alkanes) is 4. The zero-order chi connectivity index (χ0) is 27.2. The number of ether oxygens (including phenoxy) is 1. The lowest BCUT2D eigenvalue weighted by molar-refractivity contribution is 0.126. The highest BCUT2D eigenvalue weighted by atomic mass is 32.2. The van der Waals surface area contributed by atoms with E-state index in [0.29, 0.717) is 22.6 Å². The Bertz CT molecular complexity index is 1070. The molecule has 0 aromatic heterocycles. The Morgan fingerprint density at radius 1 is 0.947 bits per heavy atom. The molecule has 0 amide bonds. The lowest BCUT2D eigenvalue weighted by Crippen LogP contribution is -2.23. The van der Waals surface area contributed by atoms with E-state index in [9.17, 15) is 23.7 Å². The fraction of sp³-hybridized carbons (Fsp3) is 0.600.